The van der Waals surface area contributed by atoms with Crippen molar-refractivity contribution in [1.29, 1.82) is 0 Å². The first-order valence-corrected chi connectivity index (χ1v) is 15.8. The largest absolute Gasteiger partial charge is 0.480 e. The molecule has 1 unspecified atom stereocenters. The second-order valence-electron chi connectivity index (χ2n) is 11.2. The molecule has 3 heterocycles. The van der Waals surface area contributed by atoms with Crippen LogP contribution in [0.1, 0.15) is 46.3 Å². The maximum absolute atomic E-state index is 12.1. The lowest BCUT2D eigenvalue weighted by molar-refractivity contribution is -0.138. The lowest BCUT2D eigenvalue weighted by Crippen LogP contribution is -2.38. The molecular formula is C27H41N8O8S+. The fraction of sp³-hybridized carbons (Fsp3) is 0.630. The molecule has 6 atom stereocenters. The summed E-state index contributed by atoms with van der Waals surface area (Å²) in [6, 6.07) is -1.06. The van der Waals surface area contributed by atoms with Crippen LogP contribution in [0.15, 0.2) is 12.7 Å². The highest BCUT2D eigenvalue weighted by Gasteiger charge is 2.47. The third-order valence-corrected chi connectivity index (χ3v) is 8.62. The lowest BCUT2D eigenvalue weighted by Gasteiger charge is -2.19. The van der Waals surface area contributed by atoms with Crippen molar-refractivity contribution in [3.63, 3.8) is 0 Å². The van der Waals surface area contributed by atoms with E-state index >= 15 is 0 Å². The number of imidazole rings is 1. The van der Waals surface area contributed by atoms with Gasteiger partial charge < -0.3 is 46.9 Å². The van der Waals surface area contributed by atoms with E-state index in [1.807, 2.05) is 0 Å². The molecule has 0 radical (unpaired) electrons. The molecule has 1 fully saturated rings. The number of nitrogen functional groups attached to an aromatic ring is 1. The quantitative estimate of drug-likeness (QED) is 0.0781. The number of rotatable bonds is 13. The number of aliphatic carboxylic acids is 1. The zero-order chi connectivity index (χ0) is 32.4. The number of nitrogens with two attached hydrogens (primary N) is 2. The SMILES string of the molecule is CC(C)(C)OC(=O)NCCCC(=O)NCC#CC[S+](CC[C@H](N)C(=O)O)C[C@H]1O[C@@H](n2cnc3c(N)ncnc32)[C@H](O)[C@@H]1O. The van der Waals surface area contributed by atoms with Crippen molar-refractivity contribution in [2.24, 2.45) is 5.73 Å². The van der Waals surface area contributed by atoms with Gasteiger partial charge in [0.05, 0.1) is 12.9 Å². The highest BCUT2D eigenvalue weighted by molar-refractivity contribution is 7.97. The van der Waals surface area contributed by atoms with Crippen molar-refractivity contribution in [2.45, 2.75) is 76.2 Å². The summed E-state index contributed by atoms with van der Waals surface area (Å²) in [6.45, 7) is 5.68. The first-order valence-electron chi connectivity index (χ1n) is 14.0. The van der Waals surface area contributed by atoms with Gasteiger partial charge in [0.2, 0.25) is 5.91 Å². The number of aliphatic hydroxyl groups excluding tert-OH is 2. The molecular weight excluding hydrogens is 596 g/mol. The third kappa shape index (κ3) is 10.2. The summed E-state index contributed by atoms with van der Waals surface area (Å²) in [6.07, 6.45) is -1.37. The van der Waals surface area contributed by atoms with Gasteiger partial charge in [0.15, 0.2) is 23.4 Å². The van der Waals surface area contributed by atoms with E-state index in [0.29, 0.717) is 35.6 Å². The van der Waals surface area contributed by atoms with Crippen LogP contribution in [0.4, 0.5) is 10.6 Å². The Bertz CT molecular complexity index is 1360. The number of alkyl carbamates (subject to hydrolysis) is 1. The molecule has 0 aromatic carbocycles. The Balaban J connectivity index is 1.52. The number of anilines is 1. The van der Waals surface area contributed by atoms with Crippen molar-refractivity contribution in [3.8, 4) is 11.8 Å². The molecule has 1 aliphatic rings. The molecule has 0 saturated carbocycles. The van der Waals surface area contributed by atoms with E-state index in [1.54, 1.807) is 20.8 Å². The first kappa shape index (κ1) is 34.8. The number of hydrogen-bond acceptors (Lipinski definition) is 12. The minimum Gasteiger partial charge on any atom is -0.480 e. The number of aromatic nitrogens is 4. The number of nitrogens with zero attached hydrogens (tertiary/aromatic N) is 4. The molecule has 16 nitrogen and oxygen atoms in total. The number of nitrogens with one attached hydrogen (secondary N) is 2. The van der Waals surface area contributed by atoms with Gasteiger partial charge in [-0.25, -0.2) is 19.7 Å². The lowest BCUT2D eigenvalue weighted by atomic mass is 10.1. The predicted molar refractivity (Wildman–Crippen MR) is 162 cm³/mol. The van der Waals surface area contributed by atoms with E-state index in [2.05, 4.69) is 37.4 Å². The smallest absolute Gasteiger partial charge is 0.407 e. The molecule has 2 amide bonds. The van der Waals surface area contributed by atoms with E-state index < -0.39 is 59.1 Å². The molecule has 0 aliphatic carbocycles. The Morgan fingerprint density at radius 1 is 1.18 bits per heavy atom. The summed E-state index contributed by atoms with van der Waals surface area (Å²) in [5, 5.41) is 36.1. The van der Waals surface area contributed by atoms with E-state index in [4.69, 9.17) is 20.9 Å². The second-order valence-corrected chi connectivity index (χ2v) is 13.4. The molecule has 242 valence electrons. The number of carboxylic acids is 1. The van der Waals surface area contributed by atoms with E-state index in [0.717, 1.165) is 0 Å². The van der Waals surface area contributed by atoms with E-state index in [1.165, 1.54) is 17.2 Å². The highest BCUT2D eigenvalue weighted by atomic mass is 32.2. The maximum Gasteiger partial charge on any atom is 0.407 e. The number of aliphatic hydroxyl groups is 2. The second kappa shape index (κ2) is 15.9. The summed E-state index contributed by atoms with van der Waals surface area (Å²) in [5.41, 5.74) is 11.6. The molecule has 2 aromatic rings. The zero-order valence-electron chi connectivity index (χ0n) is 24.9. The van der Waals surface area contributed by atoms with E-state index in [9.17, 15) is 29.7 Å². The van der Waals surface area contributed by atoms with Gasteiger partial charge in [-0.05, 0) is 33.1 Å². The number of carbonyl (C=O) groups excluding carboxylic acids is 2. The van der Waals surface area contributed by atoms with Crippen LogP contribution in [0.5, 0.6) is 0 Å². The van der Waals surface area contributed by atoms with Crippen LogP contribution in [0.25, 0.3) is 11.2 Å². The fourth-order valence-electron chi connectivity index (χ4n) is 4.22. The molecule has 1 saturated heterocycles. The van der Waals surface area contributed by atoms with Gasteiger partial charge in [0, 0.05) is 30.3 Å². The van der Waals surface area contributed by atoms with Gasteiger partial charge >= 0.3 is 12.1 Å². The van der Waals surface area contributed by atoms with E-state index in [-0.39, 0.29) is 36.9 Å². The minimum absolute atomic E-state index is 0.103. The number of fused-ring (bicyclic) bond motifs is 1. The number of ether oxygens (including phenoxy) is 2. The van der Waals surface area contributed by atoms with Gasteiger partial charge in [-0.15, -0.1) is 0 Å². The zero-order valence-corrected chi connectivity index (χ0v) is 25.7. The monoisotopic (exact) mass is 637 g/mol. The molecule has 9 N–H and O–H groups in total. The minimum atomic E-state index is -1.29. The molecule has 44 heavy (non-hydrogen) atoms. The summed E-state index contributed by atoms with van der Waals surface area (Å²) in [4.78, 5) is 47.3. The van der Waals surface area contributed by atoms with Crippen LogP contribution in [0.3, 0.4) is 0 Å². The predicted octanol–water partition coefficient (Wildman–Crippen LogP) is -1.13. The highest BCUT2D eigenvalue weighted by Crippen LogP contribution is 2.33. The Hall–Kier alpha value is -3.69. The Labute approximate surface area is 257 Å². The van der Waals surface area contributed by atoms with Crippen LogP contribution in [-0.4, -0.2) is 113 Å². The van der Waals surface area contributed by atoms with Crippen LogP contribution in [0.2, 0.25) is 0 Å². The van der Waals surface area contributed by atoms with Gasteiger partial charge in [0.1, 0.15) is 53.3 Å². The third-order valence-electron chi connectivity index (χ3n) is 6.46. The van der Waals surface area contributed by atoms with Crippen molar-refractivity contribution < 1.29 is 39.2 Å². The standard InChI is InChI=1S/C27H40N8O8S/c1-27(2,3)43-26(41)31-10-6-7-18(36)30-9-4-5-11-44(12-8-16(28)25(39)40)13-17-20(37)21(38)24(42-17)35-15-34-19-22(29)32-14-33-23(19)35/h14-17,20-21,24,37-38H,6-13,28H2,1-3H3,(H4-,29,30,31,32,33,36,39,40,41)/p+1/t16-,17+,20+,21+,24+,44?/m0/s1. The average molecular weight is 638 g/mol. The van der Waals surface area contributed by atoms with Gasteiger partial charge in [-0.1, -0.05) is 5.92 Å². The fourth-order valence-corrected chi connectivity index (χ4v) is 6.28. The van der Waals surface area contributed by atoms with Crippen molar-refractivity contribution >= 4 is 45.8 Å². The average Bonchev–Trinajstić information content (AvgIpc) is 3.49. The molecule has 2 aromatic heterocycles. The van der Waals surface area contributed by atoms with Crippen LogP contribution < -0.4 is 22.1 Å². The van der Waals surface area contributed by atoms with Crippen molar-refractivity contribution in [1.82, 2.24) is 30.2 Å². The maximum atomic E-state index is 12.1. The number of amides is 2. The summed E-state index contributed by atoms with van der Waals surface area (Å²) in [5.74, 6) is 5.75. The van der Waals surface area contributed by atoms with Gasteiger partial charge in [-0.2, -0.15) is 0 Å². The molecule has 0 bridgehead atoms. The van der Waals surface area contributed by atoms with Gasteiger partial charge in [-0.3, -0.25) is 14.2 Å². The Kier molecular flexibility index (Phi) is 12.5. The van der Waals surface area contributed by atoms with Crippen molar-refractivity contribution in [3.05, 3.63) is 12.7 Å². The number of carbonyl (C=O) groups is 3. The molecule has 1 aliphatic heterocycles. The normalized spacial score (nSPS) is 21.2. The summed E-state index contributed by atoms with van der Waals surface area (Å²) < 4.78 is 12.7. The number of carboxylic acid groups (broad SMARTS) is 1. The van der Waals surface area contributed by atoms with Crippen LogP contribution >= 0.6 is 0 Å². The molecule has 0 spiro atoms. The van der Waals surface area contributed by atoms with Crippen molar-refractivity contribution in [2.75, 3.05) is 36.1 Å². The topological polar surface area (TPSA) is 250 Å². The Morgan fingerprint density at radius 3 is 2.64 bits per heavy atom. The van der Waals surface area contributed by atoms with Gasteiger partial charge in [0.25, 0.3) is 0 Å². The Morgan fingerprint density at radius 2 is 1.93 bits per heavy atom. The number of hydrogen-bond donors (Lipinski definition) is 7. The summed E-state index contributed by atoms with van der Waals surface area (Å²) >= 11 is 0. The van der Waals surface area contributed by atoms with Crippen LogP contribution in [-0.2, 0) is 30.0 Å². The van der Waals surface area contributed by atoms with Crippen LogP contribution in [0, 0.1) is 11.8 Å². The first-order chi connectivity index (χ1) is 20.8. The summed E-state index contributed by atoms with van der Waals surface area (Å²) in [7, 11) is -0.560. The molecule has 3 rings (SSSR count). The molecule has 17 heteroatoms.